The Morgan fingerprint density at radius 3 is 2.70 bits per heavy atom. The second kappa shape index (κ2) is 10.2. The molecule has 2 aliphatic heterocycles. The number of pyridine rings is 1. The predicted octanol–water partition coefficient (Wildman–Crippen LogP) is 2.74. The maximum atomic E-state index is 14.4. The van der Waals surface area contributed by atoms with Gasteiger partial charge in [-0.25, -0.2) is 24.2 Å². The zero-order valence-corrected chi connectivity index (χ0v) is 21.9. The minimum absolute atomic E-state index is 0.0120. The second-order valence-corrected chi connectivity index (χ2v) is 10.5. The fourth-order valence-electron chi connectivity index (χ4n) is 5.71. The van der Waals surface area contributed by atoms with Crippen LogP contribution in [0.1, 0.15) is 42.6 Å². The highest BCUT2D eigenvalue weighted by Gasteiger charge is 2.54. The summed E-state index contributed by atoms with van der Waals surface area (Å²) in [5, 5.41) is 10.1. The number of rotatable bonds is 6. The third-order valence-electron chi connectivity index (χ3n) is 8.04. The number of methoxy groups -OCH3 is 1. The molecule has 0 unspecified atom stereocenters. The summed E-state index contributed by atoms with van der Waals surface area (Å²) in [6, 6.07) is 2.97. The summed E-state index contributed by atoms with van der Waals surface area (Å²) in [5.41, 5.74) is 0.809. The van der Waals surface area contributed by atoms with Gasteiger partial charge in [0.25, 0.3) is 5.91 Å². The van der Waals surface area contributed by atoms with Crippen molar-refractivity contribution in [1.29, 1.82) is 0 Å². The largest absolute Gasteiger partial charge is 0.481 e. The van der Waals surface area contributed by atoms with Gasteiger partial charge in [0.05, 0.1) is 25.6 Å². The lowest BCUT2D eigenvalue weighted by atomic mass is 9.87. The monoisotopic (exact) mass is 545 g/mol. The third-order valence-corrected chi connectivity index (χ3v) is 8.04. The molecule has 1 saturated carbocycles. The fraction of sp³-hybridized carbons (Fsp3) is 0.444. The molecule has 0 bridgehead atoms. The van der Waals surface area contributed by atoms with Crippen molar-refractivity contribution in [2.45, 2.75) is 43.7 Å². The van der Waals surface area contributed by atoms with Gasteiger partial charge in [-0.3, -0.25) is 14.7 Å². The molecule has 1 aliphatic carbocycles. The fourth-order valence-corrected chi connectivity index (χ4v) is 5.71. The van der Waals surface area contributed by atoms with Crippen molar-refractivity contribution in [3.8, 4) is 17.1 Å². The number of carbonyl (C=O) groups excluding carboxylic acids is 2. The van der Waals surface area contributed by atoms with Gasteiger partial charge in [-0.1, -0.05) is 0 Å². The molecule has 1 spiro atoms. The molecule has 5 heterocycles. The van der Waals surface area contributed by atoms with Crippen LogP contribution in [0.15, 0.2) is 30.7 Å². The first-order valence-electron chi connectivity index (χ1n) is 13.2. The van der Waals surface area contributed by atoms with Crippen molar-refractivity contribution in [1.82, 2.24) is 35.4 Å². The summed E-state index contributed by atoms with van der Waals surface area (Å²) in [5.74, 6) is -0.120. The van der Waals surface area contributed by atoms with Gasteiger partial charge in [0.2, 0.25) is 23.4 Å². The maximum Gasteiger partial charge on any atom is 0.272 e. The van der Waals surface area contributed by atoms with E-state index in [4.69, 9.17) is 11.3 Å². The predicted molar refractivity (Wildman–Crippen MR) is 141 cm³/mol. The minimum atomic E-state index is -0.562. The molecule has 3 fully saturated rings. The van der Waals surface area contributed by atoms with E-state index in [1.54, 1.807) is 6.07 Å². The van der Waals surface area contributed by atoms with Crippen molar-refractivity contribution in [2.75, 3.05) is 31.6 Å². The number of amides is 2. The lowest BCUT2D eigenvalue weighted by Crippen LogP contribution is -2.52. The molecule has 3 aromatic heterocycles. The number of anilines is 1. The lowest BCUT2D eigenvalue weighted by Gasteiger charge is -2.39. The molecule has 2 N–H and O–H groups in total. The number of ether oxygens (including phenoxy) is 1. The Morgan fingerprint density at radius 1 is 1.18 bits per heavy atom. The molecule has 2 atom stereocenters. The maximum absolute atomic E-state index is 14.4. The van der Waals surface area contributed by atoms with E-state index in [-0.39, 0.29) is 46.5 Å². The minimum Gasteiger partial charge on any atom is -0.481 e. The molecule has 6 rings (SSSR count). The van der Waals surface area contributed by atoms with Gasteiger partial charge in [0.15, 0.2) is 5.82 Å². The van der Waals surface area contributed by atoms with Crippen molar-refractivity contribution in [3.63, 3.8) is 0 Å². The van der Waals surface area contributed by atoms with Gasteiger partial charge < -0.3 is 19.9 Å². The summed E-state index contributed by atoms with van der Waals surface area (Å²) in [4.78, 5) is 46.2. The van der Waals surface area contributed by atoms with Crippen LogP contribution in [0.5, 0.6) is 5.88 Å². The highest BCUT2D eigenvalue weighted by Crippen LogP contribution is 2.50. The van der Waals surface area contributed by atoms with Crippen LogP contribution >= 0.6 is 0 Å². The Balaban J connectivity index is 1.07. The molecule has 2 saturated heterocycles. The molecule has 40 heavy (non-hydrogen) atoms. The van der Waals surface area contributed by atoms with Crippen molar-refractivity contribution in [3.05, 3.63) is 53.7 Å². The normalized spacial score (nSPS) is 21.2. The molecule has 0 radical (unpaired) electrons. The molecular weight excluding hydrogens is 517 g/mol. The number of hydrogen-bond donors (Lipinski definition) is 2. The Bertz CT molecular complexity index is 1480. The molecule has 12 nitrogen and oxygen atoms in total. The number of piperidine rings is 1. The number of halogens is 1. The Labute approximate surface area is 229 Å². The zero-order chi connectivity index (χ0) is 27.9. The number of hydrogen-bond acceptors (Lipinski definition) is 8. The van der Waals surface area contributed by atoms with Gasteiger partial charge in [-0.05, 0) is 38.2 Å². The van der Waals surface area contributed by atoms with Gasteiger partial charge in [-0.2, -0.15) is 5.10 Å². The van der Waals surface area contributed by atoms with Crippen LogP contribution in [0.25, 0.3) is 16.1 Å². The molecule has 13 heteroatoms. The highest BCUT2D eigenvalue weighted by molar-refractivity contribution is 5.94. The number of aromatic amines is 1. The van der Waals surface area contributed by atoms with E-state index in [1.807, 2.05) is 9.80 Å². The first-order valence-corrected chi connectivity index (χ1v) is 13.2. The highest BCUT2D eigenvalue weighted by atomic mass is 19.1. The molecule has 3 aromatic rings. The van der Waals surface area contributed by atoms with Crippen molar-refractivity contribution >= 4 is 23.5 Å². The van der Waals surface area contributed by atoms with Crippen LogP contribution in [0, 0.1) is 18.3 Å². The zero-order valence-electron chi connectivity index (χ0n) is 21.9. The van der Waals surface area contributed by atoms with Crippen molar-refractivity contribution in [2.24, 2.45) is 5.92 Å². The molecule has 3 aliphatic rings. The van der Waals surface area contributed by atoms with Crippen LogP contribution in [0.3, 0.4) is 0 Å². The van der Waals surface area contributed by atoms with E-state index < -0.39 is 5.82 Å². The number of likely N-dealkylation sites (tertiary alicyclic amines) is 1. The van der Waals surface area contributed by atoms with Crippen LogP contribution in [-0.2, 0) is 4.79 Å². The Kier molecular flexibility index (Phi) is 6.53. The number of carbonyl (C=O) groups is 2. The second-order valence-electron chi connectivity index (χ2n) is 10.5. The standard InChI is InChI=1S/C27H28FN9O3/c1-29-18-12-31-26(32-13-18)36-7-4-17(15-36)33-24(38)16-3-8-37(27(11-16)5-6-27)25(39)22-10-21(34-35-22)19-9-23(40-2)30-14-20(19)28/h9-10,12-14,16-17H,3-8,11,15H2,2H3,(H,33,38)(H,34,35)/t16-,17+/m0/s1. The van der Waals surface area contributed by atoms with Gasteiger partial charge >= 0.3 is 0 Å². The number of nitrogens with zero attached hydrogens (tertiary/aromatic N) is 7. The SMILES string of the molecule is [C-]#[N+]c1cnc(N2CC[C@@H](NC(=O)[C@H]3CCN(C(=O)c4cc(-c5cc(OC)ncc5F)n[nH]4)C4(CC4)C3)C2)nc1. The van der Waals surface area contributed by atoms with Gasteiger partial charge in [0.1, 0.15) is 5.69 Å². The molecular formula is C27H28FN9O3. The summed E-state index contributed by atoms with van der Waals surface area (Å²) in [7, 11) is 1.44. The van der Waals surface area contributed by atoms with Crippen LogP contribution < -0.4 is 15.0 Å². The van der Waals surface area contributed by atoms with Crippen LogP contribution in [0.2, 0.25) is 0 Å². The van der Waals surface area contributed by atoms with Gasteiger partial charge in [-0.15, -0.1) is 0 Å². The van der Waals surface area contributed by atoms with Crippen LogP contribution in [0.4, 0.5) is 16.0 Å². The number of aromatic nitrogens is 5. The average Bonchev–Trinajstić information content (AvgIpc) is 3.35. The Hall–Kier alpha value is -4.60. The van der Waals surface area contributed by atoms with E-state index in [0.717, 1.165) is 32.0 Å². The van der Waals surface area contributed by atoms with E-state index in [1.165, 1.54) is 25.6 Å². The van der Waals surface area contributed by atoms with Crippen LogP contribution in [-0.4, -0.2) is 80.2 Å². The summed E-state index contributed by atoms with van der Waals surface area (Å²) >= 11 is 0. The summed E-state index contributed by atoms with van der Waals surface area (Å²) in [6.07, 6.45) is 7.71. The van der Waals surface area contributed by atoms with Crippen molar-refractivity contribution < 1.29 is 18.7 Å². The number of H-pyrrole nitrogens is 1. The third kappa shape index (κ3) is 4.81. The van der Waals surface area contributed by atoms with Gasteiger partial charge in [0, 0.05) is 61.2 Å². The Morgan fingerprint density at radius 2 is 1.98 bits per heavy atom. The molecule has 2 amide bonds. The summed E-state index contributed by atoms with van der Waals surface area (Å²) in [6.45, 7) is 8.83. The molecule has 0 aromatic carbocycles. The smallest absolute Gasteiger partial charge is 0.272 e. The molecule has 206 valence electrons. The van der Waals surface area contributed by atoms with E-state index in [0.29, 0.717) is 43.3 Å². The average molecular weight is 546 g/mol. The summed E-state index contributed by atoms with van der Waals surface area (Å²) < 4.78 is 19.4. The van der Waals surface area contributed by atoms with E-state index >= 15 is 0 Å². The topological polar surface area (TPSA) is 134 Å². The quantitative estimate of drug-likeness (QED) is 0.452. The number of nitrogens with one attached hydrogen (secondary N) is 2. The first kappa shape index (κ1) is 25.7. The first-order chi connectivity index (χ1) is 19.4. The van der Waals surface area contributed by atoms with E-state index in [9.17, 15) is 14.0 Å². The van der Waals surface area contributed by atoms with E-state index in [2.05, 4.69) is 35.3 Å². The lowest BCUT2D eigenvalue weighted by molar-refractivity contribution is -0.127.